The van der Waals surface area contributed by atoms with Gasteiger partial charge in [0.2, 0.25) is 0 Å². The molecule has 0 aliphatic rings. The van der Waals surface area contributed by atoms with Gasteiger partial charge in [-0.1, -0.05) is 32.0 Å². The summed E-state index contributed by atoms with van der Waals surface area (Å²) in [6.45, 7) is 6.00. The Balaban J connectivity index is 2.18. The molecule has 114 valence electrons. The predicted molar refractivity (Wildman–Crippen MR) is 90.9 cm³/mol. The van der Waals surface area contributed by atoms with Crippen molar-refractivity contribution in [3.05, 3.63) is 35.9 Å². The van der Waals surface area contributed by atoms with Gasteiger partial charge in [0, 0.05) is 37.4 Å². The van der Waals surface area contributed by atoms with E-state index >= 15 is 0 Å². The van der Waals surface area contributed by atoms with Gasteiger partial charge in [-0.2, -0.15) is 0 Å². The number of hydrogen-bond donors (Lipinski definition) is 1. The maximum Gasteiger partial charge on any atom is 0.101 e. The third kappa shape index (κ3) is 4.99. The molecular formula is C17H24N2OS. The van der Waals surface area contributed by atoms with Crippen LogP contribution in [-0.2, 0) is 11.3 Å². The van der Waals surface area contributed by atoms with Gasteiger partial charge in [-0.15, -0.1) is 11.8 Å². The number of aromatic nitrogens is 1. The molecule has 0 amide bonds. The van der Waals surface area contributed by atoms with Crippen molar-refractivity contribution in [3.8, 4) is 0 Å². The Kier molecular flexibility index (Phi) is 6.49. The van der Waals surface area contributed by atoms with Crippen LogP contribution in [0.1, 0.15) is 25.8 Å². The number of methoxy groups -OCH3 is 1. The second kappa shape index (κ2) is 8.37. The molecule has 0 bridgehead atoms. The SMILES string of the molecule is COCCCSc1nc2ccccc2cc1CNC(C)C. The standard InChI is InChI=1S/C17H24N2OS/c1-13(2)18-12-15-11-14-7-4-5-8-16(14)19-17(15)21-10-6-9-20-3/h4-5,7-8,11,13,18H,6,9-10,12H2,1-3H3. The minimum atomic E-state index is 0.475. The second-order valence-corrected chi connectivity index (χ2v) is 6.46. The van der Waals surface area contributed by atoms with Crippen LogP contribution in [0.3, 0.4) is 0 Å². The zero-order valence-electron chi connectivity index (χ0n) is 13.1. The Morgan fingerprint density at radius 2 is 2.10 bits per heavy atom. The fraction of sp³-hybridized carbons (Fsp3) is 0.471. The molecule has 21 heavy (non-hydrogen) atoms. The highest BCUT2D eigenvalue weighted by atomic mass is 32.2. The van der Waals surface area contributed by atoms with Gasteiger partial charge in [0.05, 0.1) is 5.52 Å². The van der Waals surface area contributed by atoms with Crippen LogP contribution < -0.4 is 5.32 Å². The van der Waals surface area contributed by atoms with Crippen LogP contribution in [0.4, 0.5) is 0 Å². The van der Waals surface area contributed by atoms with E-state index in [1.807, 2.05) is 17.8 Å². The lowest BCUT2D eigenvalue weighted by Gasteiger charge is -2.13. The summed E-state index contributed by atoms with van der Waals surface area (Å²) in [7, 11) is 1.75. The van der Waals surface area contributed by atoms with E-state index in [9.17, 15) is 0 Å². The molecule has 0 aliphatic carbocycles. The molecule has 0 saturated heterocycles. The summed E-state index contributed by atoms with van der Waals surface area (Å²) in [5.41, 5.74) is 2.35. The van der Waals surface area contributed by atoms with E-state index in [1.165, 1.54) is 10.9 Å². The Morgan fingerprint density at radius 3 is 2.86 bits per heavy atom. The first-order valence-corrected chi connectivity index (χ1v) is 8.43. The molecule has 0 spiro atoms. The number of nitrogens with one attached hydrogen (secondary N) is 1. The van der Waals surface area contributed by atoms with Crippen molar-refractivity contribution < 1.29 is 4.74 Å². The summed E-state index contributed by atoms with van der Waals surface area (Å²) in [5.74, 6) is 1.04. The van der Waals surface area contributed by atoms with Gasteiger partial charge in [0.1, 0.15) is 5.03 Å². The quantitative estimate of drug-likeness (QED) is 0.593. The van der Waals surface area contributed by atoms with Crippen molar-refractivity contribution >= 4 is 22.7 Å². The lowest BCUT2D eigenvalue weighted by atomic mass is 10.1. The van der Waals surface area contributed by atoms with E-state index in [1.54, 1.807) is 7.11 Å². The fourth-order valence-corrected chi connectivity index (χ4v) is 3.01. The Bertz CT molecular complexity index is 572. The highest BCUT2D eigenvalue weighted by Gasteiger charge is 2.08. The topological polar surface area (TPSA) is 34.1 Å². The first kappa shape index (κ1) is 16.3. The summed E-state index contributed by atoms with van der Waals surface area (Å²) in [5, 5.41) is 5.84. The van der Waals surface area contributed by atoms with E-state index in [2.05, 4.69) is 43.4 Å². The van der Waals surface area contributed by atoms with Gasteiger partial charge >= 0.3 is 0 Å². The van der Waals surface area contributed by atoms with Crippen LogP contribution in [-0.4, -0.2) is 30.5 Å². The van der Waals surface area contributed by atoms with Crippen LogP contribution >= 0.6 is 11.8 Å². The summed E-state index contributed by atoms with van der Waals surface area (Å²) < 4.78 is 5.11. The van der Waals surface area contributed by atoms with Crippen LogP contribution in [0, 0.1) is 0 Å². The van der Waals surface area contributed by atoms with Gasteiger partial charge < -0.3 is 10.1 Å². The third-order valence-corrected chi connectivity index (χ3v) is 4.32. The number of thioether (sulfide) groups is 1. The van der Waals surface area contributed by atoms with Gasteiger partial charge in [0.25, 0.3) is 0 Å². The lowest BCUT2D eigenvalue weighted by Crippen LogP contribution is -2.22. The highest BCUT2D eigenvalue weighted by molar-refractivity contribution is 7.99. The number of rotatable bonds is 8. The summed E-state index contributed by atoms with van der Waals surface area (Å²) in [4.78, 5) is 4.83. The first-order chi connectivity index (χ1) is 10.2. The number of ether oxygens (including phenoxy) is 1. The van der Waals surface area contributed by atoms with E-state index < -0.39 is 0 Å². The summed E-state index contributed by atoms with van der Waals surface area (Å²) in [6, 6.07) is 11.0. The van der Waals surface area contributed by atoms with Crippen molar-refractivity contribution in [1.29, 1.82) is 0 Å². The fourth-order valence-electron chi connectivity index (χ4n) is 2.08. The molecule has 1 aromatic carbocycles. The van der Waals surface area contributed by atoms with Gasteiger partial charge in [0.15, 0.2) is 0 Å². The average molecular weight is 304 g/mol. The molecule has 0 fully saturated rings. The largest absolute Gasteiger partial charge is 0.385 e. The molecule has 1 N–H and O–H groups in total. The van der Waals surface area contributed by atoms with Gasteiger partial charge in [-0.3, -0.25) is 0 Å². The molecule has 1 heterocycles. The number of hydrogen-bond acceptors (Lipinski definition) is 4. The second-order valence-electron chi connectivity index (χ2n) is 5.38. The maximum atomic E-state index is 5.11. The molecule has 2 rings (SSSR count). The zero-order valence-corrected chi connectivity index (χ0v) is 13.9. The summed E-state index contributed by atoms with van der Waals surface area (Å²) in [6.07, 6.45) is 1.05. The van der Waals surface area contributed by atoms with Crippen molar-refractivity contribution in [1.82, 2.24) is 10.3 Å². The number of benzene rings is 1. The Hall–Kier alpha value is -1.10. The minimum absolute atomic E-state index is 0.475. The average Bonchev–Trinajstić information content (AvgIpc) is 2.49. The van der Waals surface area contributed by atoms with E-state index in [4.69, 9.17) is 9.72 Å². The molecule has 0 unspecified atom stereocenters. The number of fused-ring (bicyclic) bond motifs is 1. The molecule has 0 saturated carbocycles. The monoisotopic (exact) mass is 304 g/mol. The van der Waals surface area contributed by atoms with Crippen LogP contribution in [0.25, 0.3) is 10.9 Å². The zero-order chi connectivity index (χ0) is 15.1. The van der Waals surface area contributed by atoms with Crippen molar-refractivity contribution in [2.75, 3.05) is 19.5 Å². The minimum Gasteiger partial charge on any atom is -0.385 e. The smallest absolute Gasteiger partial charge is 0.101 e. The van der Waals surface area contributed by atoms with Gasteiger partial charge in [-0.05, 0) is 24.1 Å². The van der Waals surface area contributed by atoms with E-state index in [0.717, 1.165) is 35.9 Å². The predicted octanol–water partition coefficient (Wildman–Crippen LogP) is 3.86. The van der Waals surface area contributed by atoms with E-state index in [-0.39, 0.29) is 0 Å². The van der Waals surface area contributed by atoms with Crippen molar-refractivity contribution in [3.63, 3.8) is 0 Å². The molecule has 0 aliphatic heterocycles. The molecule has 4 heteroatoms. The highest BCUT2D eigenvalue weighted by Crippen LogP contribution is 2.25. The molecule has 1 aromatic heterocycles. The summed E-state index contributed by atoms with van der Waals surface area (Å²) >= 11 is 1.82. The van der Waals surface area contributed by atoms with Crippen molar-refractivity contribution in [2.24, 2.45) is 0 Å². The van der Waals surface area contributed by atoms with Crippen molar-refractivity contribution in [2.45, 2.75) is 37.9 Å². The number of para-hydroxylation sites is 1. The molecule has 3 nitrogen and oxygen atoms in total. The molecule has 0 radical (unpaired) electrons. The number of pyridine rings is 1. The molecule has 0 atom stereocenters. The van der Waals surface area contributed by atoms with Crippen LogP contribution in [0.15, 0.2) is 35.4 Å². The van der Waals surface area contributed by atoms with Crippen LogP contribution in [0.2, 0.25) is 0 Å². The number of nitrogens with zero attached hydrogens (tertiary/aromatic N) is 1. The van der Waals surface area contributed by atoms with Crippen LogP contribution in [0.5, 0.6) is 0 Å². The third-order valence-electron chi connectivity index (χ3n) is 3.20. The lowest BCUT2D eigenvalue weighted by molar-refractivity contribution is 0.200. The Labute approximate surface area is 131 Å². The molecular weight excluding hydrogens is 280 g/mol. The first-order valence-electron chi connectivity index (χ1n) is 7.44. The normalized spacial score (nSPS) is 11.4. The van der Waals surface area contributed by atoms with Gasteiger partial charge in [-0.25, -0.2) is 4.98 Å². The maximum absolute atomic E-state index is 5.11. The Morgan fingerprint density at radius 1 is 1.29 bits per heavy atom. The van der Waals surface area contributed by atoms with E-state index in [0.29, 0.717) is 6.04 Å². The molecule has 2 aromatic rings.